The van der Waals surface area contributed by atoms with E-state index in [0.29, 0.717) is 43.5 Å². The van der Waals surface area contributed by atoms with Crippen LogP contribution in [0.4, 0.5) is 0 Å². The highest BCUT2D eigenvalue weighted by Crippen LogP contribution is 2.75. The minimum Gasteiger partial charge on any atom is -0.455 e. The summed E-state index contributed by atoms with van der Waals surface area (Å²) in [6.07, 6.45) is 7.53. The smallest absolute Gasteiger partial charge is 0.313 e. The summed E-state index contributed by atoms with van der Waals surface area (Å²) in [5.41, 5.74) is -0.488. The van der Waals surface area contributed by atoms with Crippen LogP contribution < -0.4 is 5.43 Å². The van der Waals surface area contributed by atoms with E-state index in [4.69, 9.17) is 16.3 Å². The number of allylic oxidation sites excluding steroid dienone is 1. The number of aliphatic hydroxyl groups excluding tert-OH is 2. The number of amides is 1. The fraction of sp³-hybridized carbons (Fsp3) is 0.692. The number of esters is 1. The molecule has 0 spiro atoms. The van der Waals surface area contributed by atoms with Crippen molar-refractivity contribution in [1.82, 2.24) is 5.43 Å². The summed E-state index contributed by atoms with van der Waals surface area (Å²) < 4.78 is 5.74. The quantitative estimate of drug-likeness (QED) is 0.172. The van der Waals surface area contributed by atoms with Crippen molar-refractivity contribution >= 4 is 35.5 Å². The first kappa shape index (κ1) is 36.2. The van der Waals surface area contributed by atoms with Crippen molar-refractivity contribution in [2.75, 3.05) is 13.2 Å². The van der Waals surface area contributed by atoms with Crippen LogP contribution in [0.3, 0.4) is 0 Å². The third kappa shape index (κ3) is 5.27. The molecular weight excluding hydrogens is 644 g/mol. The van der Waals surface area contributed by atoms with Crippen molar-refractivity contribution in [2.45, 2.75) is 105 Å². The molecule has 1 aromatic rings. The molecule has 10 heteroatoms. The van der Waals surface area contributed by atoms with E-state index in [2.05, 4.69) is 31.3 Å². The van der Waals surface area contributed by atoms with Crippen LogP contribution in [0.15, 0.2) is 41.0 Å². The summed E-state index contributed by atoms with van der Waals surface area (Å²) >= 11 is 5.93. The summed E-state index contributed by atoms with van der Waals surface area (Å²) in [5.74, 6) is -2.24. The fourth-order valence-corrected chi connectivity index (χ4v) is 11.9. The molecule has 1 amide bonds. The summed E-state index contributed by atoms with van der Waals surface area (Å²) in [6.45, 7) is 11.7. The molecule has 4 saturated carbocycles. The maximum atomic E-state index is 14.7. The van der Waals surface area contributed by atoms with E-state index in [-0.39, 0.29) is 30.1 Å². The van der Waals surface area contributed by atoms with Gasteiger partial charge in [-0.3, -0.25) is 14.4 Å². The van der Waals surface area contributed by atoms with Gasteiger partial charge < -0.3 is 20.1 Å². The number of nitrogens with one attached hydrogen (secondary N) is 1. The number of hydrazone groups is 1. The van der Waals surface area contributed by atoms with Crippen LogP contribution in [0.5, 0.6) is 0 Å². The Bertz CT molecular complexity index is 1570. The standard InChI is InChI=1S/C39H53ClN2O7/c1-23-11-16-39(33(47)49-21-30(46)42-41-20-24-7-9-25(40)10-8-24)18-17-36(4)26(31(39)38(23,6)48)19-27(44)32-34(2)14-13-29(45)35(3,22-43)28(34)12-15-37(32,36)5/h7-10,19-20,23,28-29,31-32,43,45,48H,11-18,21-22H2,1-6H3,(H,42,46)/b41-20+/t23-,28-,29+,31-,32-,34+,35-,36-,37-,38-,39+/m1/s1. The number of rotatable bonds is 6. The van der Waals surface area contributed by atoms with Gasteiger partial charge in [-0.2, -0.15) is 5.10 Å². The van der Waals surface area contributed by atoms with Gasteiger partial charge in [0.25, 0.3) is 5.91 Å². The number of halogens is 1. The van der Waals surface area contributed by atoms with Crippen LogP contribution in [-0.4, -0.2) is 64.1 Å². The van der Waals surface area contributed by atoms with Crippen molar-refractivity contribution in [1.29, 1.82) is 0 Å². The van der Waals surface area contributed by atoms with Crippen LogP contribution in [0.25, 0.3) is 0 Å². The third-order valence-electron chi connectivity index (χ3n) is 14.9. The number of ether oxygens (including phenoxy) is 1. The number of nitrogens with zero attached hydrogens (tertiary/aromatic N) is 1. The molecule has 1 aromatic carbocycles. The predicted molar refractivity (Wildman–Crippen MR) is 186 cm³/mol. The SMILES string of the molecule is C[C@@H]1CC[C@]2(C(=O)OCC(=O)N/N=C/c3ccc(Cl)cc3)CC[C@]3(C)C(=CC(=O)[C@@H]4[C@@]5(C)CC[C@H](O)[C@](C)(CO)[C@@H]5CC[C@]43C)[C@@H]2[C@]1(C)O. The molecule has 9 nitrogen and oxygen atoms in total. The number of carbonyl (C=O) groups excluding carboxylic acids is 3. The maximum absolute atomic E-state index is 14.7. The molecule has 6 rings (SSSR count). The van der Waals surface area contributed by atoms with E-state index in [1.54, 1.807) is 37.3 Å². The first-order valence-corrected chi connectivity index (χ1v) is 18.3. The van der Waals surface area contributed by atoms with Crippen molar-refractivity contribution in [3.8, 4) is 0 Å². The Morgan fingerprint density at radius 3 is 2.37 bits per heavy atom. The fourth-order valence-electron chi connectivity index (χ4n) is 11.7. The minimum absolute atomic E-state index is 0.00924. The van der Waals surface area contributed by atoms with Crippen molar-refractivity contribution in [2.24, 2.45) is 55.8 Å². The van der Waals surface area contributed by atoms with Gasteiger partial charge in [0.05, 0.1) is 29.9 Å². The lowest BCUT2D eigenvalue weighted by Crippen LogP contribution is -2.69. The highest BCUT2D eigenvalue weighted by Gasteiger charge is 2.73. The molecule has 5 aliphatic rings. The number of carbonyl (C=O) groups is 3. The second-order valence-corrected chi connectivity index (χ2v) is 17.6. The monoisotopic (exact) mass is 696 g/mol. The topological polar surface area (TPSA) is 146 Å². The van der Waals surface area contributed by atoms with E-state index >= 15 is 0 Å². The first-order valence-electron chi connectivity index (χ1n) is 17.9. The lowest BCUT2D eigenvalue weighted by atomic mass is 9.33. The van der Waals surface area contributed by atoms with Crippen LogP contribution >= 0.6 is 11.6 Å². The lowest BCUT2D eigenvalue weighted by molar-refractivity contribution is -0.223. The van der Waals surface area contributed by atoms with E-state index in [0.717, 1.165) is 24.0 Å². The van der Waals surface area contributed by atoms with Crippen LogP contribution in [0.1, 0.15) is 98.5 Å². The largest absolute Gasteiger partial charge is 0.455 e. The minimum atomic E-state index is -1.30. The molecule has 0 heterocycles. The molecule has 268 valence electrons. The second-order valence-electron chi connectivity index (χ2n) is 17.2. The molecule has 0 bridgehead atoms. The predicted octanol–water partition coefficient (Wildman–Crippen LogP) is 5.62. The Balaban J connectivity index is 1.31. The Hall–Kier alpha value is -2.59. The average Bonchev–Trinajstić information content (AvgIpc) is 3.05. The molecule has 5 aliphatic carbocycles. The Labute approximate surface area is 294 Å². The van der Waals surface area contributed by atoms with Crippen LogP contribution in [0.2, 0.25) is 5.02 Å². The third-order valence-corrected chi connectivity index (χ3v) is 15.2. The van der Waals surface area contributed by atoms with Gasteiger partial charge in [-0.15, -0.1) is 0 Å². The number of hydrogen-bond acceptors (Lipinski definition) is 8. The van der Waals surface area contributed by atoms with Gasteiger partial charge in [-0.05, 0) is 110 Å². The highest BCUT2D eigenvalue weighted by atomic mass is 35.5. The van der Waals surface area contributed by atoms with Crippen molar-refractivity contribution in [3.05, 3.63) is 46.5 Å². The number of ketones is 1. The molecule has 0 aromatic heterocycles. The number of benzene rings is 1. The molecule has 4 N–H and O–H groups in total. The molecule has 0 unspecified atom stereocenters. The van der Waals surface area contributed by atoms with Crippen LogP contribution in [-0.2, 0) is 19.1 Å². The molecule has 0 radical (unpaired) electrons. The lowest BCUT2D eigenvalue weighted by Gasteiger charge is -2.71. The maximum Gasteiger partial charge on any atom is 0.313 e. The summed E-state index contributed by atoms with van der Waals surface area (Å²) in [6, 6.07) is 6.95. The highest BCUT2D eigenvalue weighted by molar-refractivity contribution is 6.30. The van der Waals surface area contributed by atoms with Gasteiger partial charge in [0.15, 0.2) is 12.4 Å². The molecule has 0 saturated heterocycles. The van der Waals surface area contributed by atoms with E-state index in [1.165, 1.54) is 6.21 Å². The molecule has 0 aliphatic heterocycles. The summed E-state index contributed by atoms with van der Waals surface area (Å²) in [4.78, 5) is 41.6. The normalized spacial score (nSPS) is 44.6. The van der Waals surface area contributed by atoms with E-state index < -0.39 is 63.2 Å². The van der Waals surface area contributed by atoms with Crippen molar-refractivity contribution in [3.63, 3.8) is 0 Å². The Morgan fingerprint density at radius 2 is 1.69 bits per heavy atom. The number of aliphatic hydroxyl groups is 3. The van der Waals surface area contributed by atoms with Gasteiger partial charge in [0, 0.05) is 22.3 Å². The zero-order valence-electron chi connectivity index (χ0n) is 29.7. The van der Waals surface area contributed by atoms with Gasteiger partial charge in [0.1, 0.15) is 0 Å². The van der Waals surface area contributed by atoms with Gasteiger partial charge in [-0.1, -0.05) is 63.9 Å². The Morgan fingerprint density at radius 1 is 1.00 bits per heavy atom. The first-order chi connectivity index (χ1) is 22.9. The molecule has 11 atom stereocenters. The van der Waals surface area contributed by atoms with E-state index in [9.17, 15) is 29.7 Å². The van der Waals surface area contributed by atoms with Crippen molar-refractivity contribution < 1.29 is 34.4 Å². The zero-order chi connectivity index (χ0) is 35.8. The van der Waals surface area contributed by atoms with E-state index in [1.807, 2.05) is 13.8 Å². The van der Waals surface area contributed by atoms with Gasteiger partial charge >= 0.3 is 5.97 Å². The Kier molecular flexibility index (Phi) is 9.07. The van der Waals surface area contributed by atoms with Gasteiger partial charge in [-0.25, -0.2) is 5.43 Å². The number of fused-ring (bicyclic) bond motifs is 7. The average molecular weight is 697 g/mol. The van der Waals surface area contributed by atoms with Gasteiger partial charge in [0.2, 0.25) is 0 Å². The molecule has 49 heavy (non-hydrogen) atoms. The molecular formula is C39H53ClN2O7. The summed E-state index contributed by atoms with van der Waals surface area (Å²) in [5, 5.41) is 38.5. The summed E-state index contributed by atoms with van der Waals surface area (Å²) in [7, 11) is 0. The molecule has 4 fully saturated rings. The number of hydrogen-bond donors (Lipinski definition) is 4. The second kappa shape index (κ2) is 12.3. The zero-order valence-corrected chi connectivity index (χ0v) is 30.5. The van der Waals surface area contributed by atoms with Crippen LogP contribution in [0, 0.1) is 50.7 Å².